The maximum absolute atomic E-state index is 12.7. The lowest BCUT2D eigenvalue weighted by Gasteiger charge is -2.14. The largest absolute Gasteiger partial charge is 0.345 e. The number of rotatable bonds is 3. The summed E-state index contributed by atoms with van der Waals surface area (Å²) in [5, 5.41) is 0.612. The van der Waals surface area contributed by atoms with Crippen molar-refractivity contribution in [1.29, 1.82) is 0 Å². The molecular formula is C16H15N3O2S. The summed E-state index contributed by atoms with van der Waals surface area (Å²) in [6, 6.07) is 11.3. The van der Waals surface area contributed by atoms with E-state index in [2.05, 4.69) is 20.8 Å². The SMILES string of the molecule is O=S(=O)(NC1CCc2ccccc21)c1c[nH]c2ncccc12. The lowest BCUT2D eigenvalue weighted by atomic mass is 10.1. The van der Waals surface area contributed by atoms with Crippen LogP contribution in [-0.4, -0.2) is 18.4 Å². The van der Waals surface area contributed by atoms with E-state index in [0.29, 0.717) is 11.0 Å². The van der Waals surface area contributed by atoms with E-state index in [9.17, 15) is 8.42 Å². The van der Waals surface area contributed by atoms with E-state index in [0.717, 1.165) is 18.4 Å². The zero-order chi connectivity index (χ0) is 15.2. The molecule has 0 fully saturated rings. The molecule has 22 heavy (non-hydrogen) atoms. The smallest absolute Gasteiger partial charge is 0.243 e. The highest BCUT2D eigenvalue weighted by Gasteiger charge is 2.28. The Labute approximate surface area is 128 Å². The predicted octanol–water partition coefficient (Wildman–Crippen LogP) is 2.53. The van der Waals surface area contributed by atoms with Crippen LogP contribution in [0.5, 0.6) is 0 Å². The van der Waals surface area contributed by atoms with Crippen LogP contribution in [0.3, 0.4) is 0 Å². The van der Waals surface area contributed by atoms with Gasteiger partial charge in [-0.15, -0.1) is 0 Å². The lowest BCUT2D eigenvalue weighted by Crippen LogP contribution is -2.27. The van der Waals surface area contributed by atoms with Gasteiger partial charge in [-0.3, -0.25) is 0 Å². The Kier molecular flexibility index (Phi) is 3.02. The number of nitrogens with zero attached hydrogens (tertiary/aromatic N) is 1. The number of benzene rings is 1. The van der Waals surface area contributed by atoms with Crippen molar-refractivity contribution in [2.45, 2.75) is 23.8 Å². The van der Waals surface area contributed by atoms with Gasteiger partial charge < -0.3 is 4.98 Å². The molecule has 1 aromatic carbocycles. The van der Waals surface area contributed by atoms with Gasteiger partial charge in [-0.1, -0.05) is 24.3 Å². The maximum Gasteiger partial charge on any atom is 0.243 e. The van der Waals surface area contributed by atoms with Gasteiger partial charge in [0.1, 0.15) is 10.5 Å². The molecule has 2 N–H and O–H groups in total. The fourth-order valence-electron chi connectivity index (χ4n) is 3.08. The van der Waals surface area contributed by atoms with Crippen molar-refractivity contribution in [3.05, 3.63) is 59.9 Å². The maximum atomic E-state index is 12.7. The number of H-pyrrole nitrogens is 1. The minimum Gasteiger partial charge on any atom is -0.345 e. The number of aromatic nitrogens is 2. The van der Waals surface area contributed by atoms with Crippen LogP contribution < -0.4 is 4.72 Å². The van der Waals surface area contributed by atoms with Crippen molar-refractivity contribution in [1.82, 2.24) is 14.7 Å². The Morgan fingerprint density at radius 3 is 2.95 bits per heavy atom. The van der Waals surface area contributed by atoms with Gasteiger partial charge in [-0.05, 0) is 36.1 Å². The second kappa shape index (κ2) is 4.93. The van der Waals surface area contributed by atoms with E-state index in [1.807, 2.05) is 18.2 Å². The summed E-state index contributed by atoms with van der Waals surface area (Å²) in [4.78, 5) is 7.29. The molecule has 1 atom stereocenters. The molecule has 6 heteroatoms. The Balaban J connectivity index is 1.71. The first kappa shape index (κ1) is 13.5. The molecule has 0 aliphatic heterocycles. The lowest BCUT2D eigenvalue weighted by molar-refractivity contribution is 0.555. The molecule has 1 aliphatic rings. The second-order valence-corrected chi connectivity index (χ2v) is 7.15. The summed E-state index contributed by atoms with van der Waals surface area (Å²) in [5.41, 5.74) is 2.87. The van der Waals surface area contributed by atoms with Gasteiger partial charge in [0.15, 0.2) is 0 Å². The minimum atomic E-state index is -3.59. The van der Waals surface area contributed by atoms with Crippen molar-refractivity contribution >= 4 is 21.1 Å². The first-order valence-electron chi connectivity index (χ1n) is 7.17. The van der Waals surface area contributed by atoms with Crippen molar-refractivity contribution < 1.29 is 8.42 Å². The summed E-state index contributed by atoms with van der Waals surface area (Å²) in [6.07, 6.45) is 4.83. The number of nitrogens with one attached hydrogen (secondary N) is 2. The monoisotopic (exact) mass is 313 g/mol. The van der Waals surface area contributed by atoms with Crippen LogP contribution in [0.25, 0.3) is 11.0 Å². The van der Waals surface area contributed by atoms with E-state index in [1.165, 1.54) is 11.8 Å². The molecule has 1 unspecified atom stereocenters. The van der Waals surface area contributed by atoms with E-state index in [1.54, 1.807) is 18.3 Å². The quantitative estimate of drug-likeness (QED) is 0.780. The molecule has 4 rings (SSSR count). The molecule has 0 radical (unpaired) electrons. The molecular weight excluding hydrogens is 298 g/mol. The Morgan fingerprint density at radius 2 is 2.05 bits per heavy atom. The number of hydrogen-bond acceptors (Lipinski definition) is 3. The molecule has 112 valence electrons. The van der Waals surface area contributed by atoms with Gasteiger partial charge in [0.25, 0.3) is 0 Å². The molecule has 0 amide bonds. The third-order valence-corrected chi connectivity index (χ3v) is 5.64. The number of aryl methyl sites for hydroxylation is 1. The third kappa shape index (κ3) is 2.12. The topological polar surface area (TPSA) is 74.8 Å². The first-order valence-corrected chi connectivity index (χ1v) is 8.66. The zero-order valence-electron chi connectivity index (χ0n) is 11.8. The summed E-state index contributed by atoms with van der Waals surface area (Å²) < 4.78 is 28.3. The highest BCUT2D eigenvalue weighted by molar-refractivity contribution is 7.89. The molecule has 2 aromatic heterocycles. The highest BCUT2D eigenvalue weighted by atomic mass is 32.2. The van der Waals surface area contributed by atoms with Crippen LogP contribution >= 0.6 is 0 Å². The fourth-order valence-corrected chi connectivity index (χ4v) is 4.50. The number of fused-ring (bicyclic) bond motifs is 2. The Hall–Kier alpha value is -2.18. The predicted molar refractivity (Wildman–Crippen MR) is 83.9 cm³/mol. The summed E-state index contributed by atoms with van der Waals surface area (Å²) in [6.45, 7) is 0. The van der Waals surface area contributed by atoms with Crippen LogP contribution in [0.1, 0.15) is 23.6 Å². The minimum absolute atomic E-state index is 0.164. The third-order valence-electron chi connectivity index (χ3n) is 4.13. The van der Waals surface area contributed by atoms with Crippen LogP contribution in [0.2, 0.25) is 0 Å². The van der Waals surface area contributed by atoms with Crippen LogP contribution in [0.4, 0.5) is 0 Å². The van der Waals surface area contributed by atoms with Crippen LogP contribution in [-0.2, 0) is 16.4 Å². The Morgan fingerprint density at radius 1 is 1.18 bits per heavy atom. The molecule has 0 bridgehead atoms. The van der Waals surface area contributed by atoms with E-state index in [4.69, 9.17) is 0 Å². The summed E-state index contributed by atoms with van der Waals surface area (Å²) >= 11 is 0. The van der Waals surface area contributed by atoms with Gasteiger partial charge in [-0.2, -0.15) is 0 Å². The van der Waals surface area contributed by atoms with Crippen molar-refractivity contribution in [3.8, 4) is 0 Å². The van der Waals surface area contributed by atoms with Gasteiger partial charge >= 0.3 is 0 Å². The summed E-state index contributed by atoms with van der Waals surface area (Å²) in [7, 11) is -3.59. The normalized spacial score (nSPS) is 17.7. The second-order valence-electron chi connectivity index (χ2n) is 5.46. The van der Waals surface area contributed by atoms with Crippen molar-refractivity contribution in [2.24, 2.45) is 0 Å². The van der Waals surface area contributed by atoms with E-state index >= 15 is 0 Å². The zero-order valence-corrected chi connectivity index (χ0v) is 12.6. The number of aromatic amines is 1. The standard InChI is InChI=1S/C16H15N3O2S/c20-22(21,15-10-18-16-13(15)6-3-9-17-16)19-14-8-7-11-4-1-2-5-12(11)14/h1-6,9-10,14,19H,7-8H2,(H,17,18). The molecule has 5 nitrogen and oxygen atoms in total. The highest BCUT2D eigenvalue weighted by Crippen LogP contribution is 2.32. The van der Waals surface area contributed by atoms with Gasteiger partial charge in [0.2, 0.25) is 10.0 Å². The van der Waals surface area contributed by atoms with Gasteiger partial charge in [0, 0.05) is 23.8 Å². The van der Waals surface area contributed by atoms with E-state index < -0.39 is 10.0 Å². The fraction of sp³-hybridized carbons (Fsp3) is 0.188. The van der Waals surface area contributed by atoms with Crippen molar-refractivity contribution in [3.63, 3.8) is 0 Å². The number of hydrogen-bond donors (Lipinski definition) is 2. The number of pyridine rings is 1. The van der Waals surface area contributed by atoms with Gasteiger partial charge in [-0.25, -0.2) is 18.1 Å². The molecule has 0 spiro atoms. The average Bonchev–Trinajstić information content (AvgIpc) is 3.12. The van der Waals surface area contributed by atoms with Crippen molar-refractivity contribution in [2.75, 3.05) is 0 Å². The Bertz CT molecular complexity index is 947. The number of sulfonamides is 1. The van der Waals surface area contributed by atoms with Crippen LogP contribution in [0.15, 0.2) is 53.7 Å². The molecule has 0 saturated heterocycles. The first-order chi connectivity index (χ1) is 10.6. The average molecular weight is 313 g/mol. The molecule has 1 aliphatic carbocycles. The van der Waals surface area contributed by atoms with Gasteiger partial charge in [0.05, 0.1) is 0 Å². The summed E-state index contributed by atoms with van der Waals surface area (Å²) in [5.74, 6) is 0. The van der Waals surface area contributed by atoms with E-state index in [-0.39, 0.29) is 10.9 Å². The van der Waals surface area contributed by atoms with Crippen LogP contribution in [0, 0.1) is 0 Å². The molecule has 3 aromatic rings. The molecule has 2 heterocycles. The molecule has 0 saturated carbocycles.